The van der Waals surface area contributed by atoms with Gasteiger partial charge >= 0.3 is 0 Å². The largest absolute Gasteiger partial charge is 0.496 e. The average Bonchev–Trinajstić information content (AvgIpc) is 3.15. The van der Waals surface area contributed by atoms with Crippen molar-refractivity contribution in [1.29, 1.82) is 0 Å². The van der Waals surface area contributed by atoms with Crippen molar-refractivity contribution < 1.29 is 13.9 Å². The molecule has 8 heteroatoms. The fraction of sp³-hybridized carbons (Fsp3) is 0.400. The minimum Gasteiger partial charge on any atom is -0.496 e. The Balaban J connectivity index is 1.61. The Morgan fingerprint density at radius 3 is 3.04 bits per heavy atom. The standard InChI is InChI=1S/C15H16BrN3O3S/c1-21-12-5-4-11(16)7-10(12)9-23-15-18-17-13(22-15)8-19-6-2-3-14(19)20/h4-5,7H,2-3,6,8-9H2,1H3. The van der Waals surface area contributed by atoms with Gasteiger partial charge in [-0.2, -0.15) is 0 Å². The number of hydrogen-bond donors (Lipinski definition) is 0. The number of carbonyl (C=O) groups is 1. The molecule has 0 aliphatic carbocycles. The maximum Gasteiger partial charge on any atom is 0.276 e. The third-order valence-corrected chi connectivity index (χ3v) is 4.90. The predicted molar refractivity (Wildman–Crippen MR) is 89.2 cm³/mol. The Labute approximate surface area is 146 Å². The van der Waals surface area contributed by atoms with Crippen LogP contribution in [0.15, 0.2) is 32.3 Å². The zero-order valence-corrected chi connectivity index (χ0v) is 15.0. The summed E-state index contributed by atoms with van der Waals surface area (Å²) >= 11 is 4.90. The number of thioether (sulfide) groups is 1. The SMILES string of the molecule is COc1ccc(Br)cc1CSc1nnc(CN2CCCC2=O)o1. The van der Waals surface area contributed by atoms with E-state index in [0.29, 0.717) is 29.8 Å². The number of benzene rings is 1. The van der Waals surface area contributed by atoms with E-state index in [9.17, 15) is 4.79 Å². The lowest BCUT2D eigenvalue weighted by Crippen LogP contribution is -2.23. The molecule has 2 aromatic rings. The molecule has 0 N–H and O–H groups in total. The van der Waals surface area contributed by atoms with Gasteiger partial charge < -0.3 is 14.1 Å². The van der Waals surface area contributed by atoms with Crippen LogP contribution in [0.4, 0.5) is 0 Å². The molecule has 2 heterocycles. The highest BCUT2D eigenvalue weighted by Gasteiger charge is 2.22. The van der Waals surface area contributed by atoms with E-state index in [1.165, 1.54) is 11.8 Å². The molecule has 1 aromatic heterocycles. The van der Waals surface area contributed by atoms with E-state index >= 15 is 0 Å². The molecule has 23 heavy (non-hydrogen) atoms. The Morgan fingerprint density at radius 2 is 2.30 bits per heavy atom. The Morgan fingerprint density at radius 1 is 1.43 bits per heavy atom. The molecule has 1 saturated heterocycles. The van der Waals surface area contributed by atoms with E-state index in [-0.39, 0.29) is 5.91 Å². The van der Waals surface area contributed by atoms with Crippen LogP contribution >= 0.6 is 27.7 Å². The summed E-state index contributed by atoms with van der Waals surface area (Å²) in [6.07, 6.45) is 1.51. The van der Waals surface area contributed by atoms with Crippen LogP contribution in [0.3, 0.4) is 0 Å². The summed E-state index contributed by atoms with van der Waals surface area (Å²) in [5, 5.41) is 8.54. The summed E-state index contributed by atoms with van der Waals surface area (Å²) in [6.45, 7) is 1.16. The Hall–Kier alpha value is -1.54. The molecule has 1 fully saturated rings. The Bertz CT molecular complexity index is 707. The van der Waals surface area contributed by atoms with Gasteiger partial charge in [-0.25, -0.2) is 0 Å². The molecule has 0 atom stereocenters. The molecule has 6 nitrogen and oxygen atoms in total. The third kappa shape index (κ3) is 4.06. The van der Waals surface area contributed by atoms with Crippen LogP contribution in [0.2, 0.25) is 0 Å². The van der Waals surface area contributed by atoms with Gasteiger partial charge in [-0.05, 0) is 24.6 Å². The first-order valence-corrected chi connectivity index (χ1v) is 8.99. The van der Waals surface area contributed by atoms with E-state index < -0.39 is 0 Å². The van der Waals surface area contributed by atoms with Crippen LogP contribution < -0.4 is 4.74 Å². The first-order valence-electron chi connectivity index (χ1n) is 7.21. The molecule has 0 unspecified atom stereocenters. The second-order valence-corrected chi connectivity index (χ2v) is 6.97. The van der Waals surface area contributed by atoms with Crippen molar-refractivity contribution in [2.75, 3.05) is 13.7 Å². The molecule has 1 aromatic carbocycles. The highest BCUT2D eigenvalue weighted by Crippen LogP contribution is 2.29. The minimum absolute atomic E-state index is 0.149. The average molecular weight is 398 g/mol. The highest BCUT2D eigenvalue weighted by atomic mass is 79.9. The summed E-state index contributed by atoms with van der Waals surface area (Å²) in [6, 6.07) is 5.86. The molecule has 122 valence electrons. The lowest BCUT2D eigenvalue weighted by atomic mass is 10.2. The molecule has 0 saturated carbocycles. The molecule has 1 aliphatic heterocycles. The number of carbonyl (C=O) groups excluding carboxylic acids is 1. The van der Waals surface area contributed by atoms with E-state index in [0.717, 1.165) is 28.8 Å². The van der Waals surface area contributed by atoms with Crippen molar-refractivity contribution in [3.05, 3.63) is 34.1 Å². The van der Waals surface area contributed by atoms with Crippen molar-refractivity contribution in [2.45, 2.75) is 30.4 Å². The van der Waals surface area contributed by atoms with E-state index in [1.54, 1.807) is 12.0 Å². The maximum absolute atomic E-state index is 11.6. The van der Waals surface area contributed by atoms with Gasteiger partial charge in [-0.15, -0.1) is 10.2 Å². The number of nitrogens with zero attached hydrogens (tertiary/aromatic N) is 3. The molecule has 0 spiro atoms. The summed E-state index contributed by atoms with van der Waals surface area (Å²) in [5.74, 6) is 2.11. The number of ether oxygens (including phenoxy) is 1. The van der Waals surface area contributed by atoms with Crippen LogP contribution in [0.1, 0.15) is 24.3 Å². The first-order chi connectivity index (χ1) is 11.2. The molecular weight excluding hydrogens is 382 g/mol. The molecular formula is C15H16BrN3O3S. The number of amides is 1. The number of methoxy groups -OCH3 is 1. The van der Waals surface area contributed by atoms with Gasteiger partial charge in [-0.3, -0.25) is 4.79 Å². The summed E-state index contributed by atoms with van der Waals surface area (Å²) in [5.41, 5.74) is 1.04. The van der Waals surface area contributed by atoms with Crippen molar-refractivity contribution in [2.24, 2.45) is 0 Å². The second kappa shape index (κ2) is 7.35. The molecule has 1 amide bonds. The fourth-order valence-electron chi connectivity index (χ4n) is 2.39. The van der Waals surface area contributed by atoms with Crippen molar-refractivity contribution in [1.82, 2.24) is 15.1 Å². The summed E-state index contributed by atoms with van der Waals surface area (Å²) in [4.78, 5) is 13.4. The molecule has 3 rings (SSSR count). The third-order valence-electron chi connectivity index (χ3n) is 3.54. The summed E-state index contributed by atoms with van der Waals surface area (Å²) < 4.78 is 12.0. The van der Waals surface area contributed by atoms with Gasteiger partial charge in [0.15, 0.2) is 0 Å². The van der Waals surface area contributed by atoms with Gasteiger partial charge in [0.1, 0.15) is 5.75 Å². The normalized spacial score (nSPS) is 14.5. The van der Waals surface area contributed by atoms with Gasteiger partial charge in [-0.1, -0.05) is 27.7 Å². The van der Waals surface area contributed by atoms with Crippen LogP contribution in [-0.4, -0.2) is 34.7 Å². The first kappa shape index (κ1) is 16.3. The number of likely N-dealkylation sites (tertiary alicyclic amines) is 1. The number of aromatic nitrogens is 2. The van der Waals surface area contributed by atoms with Gasteiger partial charge in [0.2, 0.25) is 11.8 Å². The number of halogens is 1. The van der Waals surface area contributed by atoms with Crippen molar-refractivity contribution in [3.8, 4) is 5.75 Å². The van der Waals surface area contributed by atoms with E-state index in [4.69, 9.17) is 9.15 Å². The monoisotopic (exact) mass is 397 g/mol. The quantitative estimate of drug-likeness (QED) is 0.696. The summed E-state index contributed by atoms with van der Waals surface area (Å²) in [7, 11) is 1.65. The molecule has 0 radical (unpaired) electrons. The zero-order valence-electron chi connectivity index (χ0n) is 12.6. The van der Waals surface area contributed by atoms with Gasteiger partial charge in [0.25, 0.3) is 5.22 Å². The Kier molecular flexibility index (Phi) is 5.22. The van der Waals surface area contributed by atoms with E-state index in [2.05, 4.69) is 26.1 Å². The van der Waals surface area contributed by atoms with Crippen LogP contribution in [0.25, 0.3) is 0 Å². The van der Waals surface area contributed by atoms with Crippen molar-refractivity contribution in [3.63, 3.8) is 0 Å². The van der Waals surface area contributed by atoms with Crippen LogP contribution in [-0.2, 0) is 17.1 Å². The lowest BCUT2D eigenvalue weighted by Gasteiger charge is -2.11. The maximum atomic E-state index is 11.6. The lowest BCUT2D eigenvalue weighted by molar-refractivity contribution is -0.128. The van der Waals surface area contributed by atoms with Crippen molar-refractivity contribution >= 4 is 33.6 Å². The predicted octanol–water partition coefficient (Wildman–Crippen LogP) is 3.26. The smallest absolute Gasteiger partial charge is 0.276 e. The number of hydrogen-bond acceptors (Lipinski definition) is 6. The fourth-order valence-corrected chi connectivity index (χ4v) is 3.56. The van der Waals surface area contributed by atoms with Crippen LogP contribution in [0, 0.1) is 0 Å². The number of rotatable bonds is 6. The van der Waals surface area contributed by atoms with Crippen LogP contribution in [0.5, 0.6) is 5.75 Å². The van der Waals surface area contributed by atoms with Gasteiger partial charge in [0, 0.05) is 28.8 Å². The zero-order chi connectivity index (χ0) is 16.2. The second-order valence-electron chi connectivity index (χ2n) is 5.13. The highest BCUT2D eigenvalue weighted by molar-refractivity contribution is 9.10. The minimum atomic E-state index is 0.149. The molecule has 1 aliphatic rings. The van der Waals surface area contributed by atoms with Gasteiger partial charge in [0.05, 0.1) is 13.7 Å². The molecule has 0 bridgehead atoms. The topological polar surface area (TPSA) is 68.5 Å². The van der Waals surface area contributed by atoms with E-state index in [1.807, 2.05) is 18.2 Å².